The van der Waals surface area contributed by atoms with Gasteiger partial charge in [0.05, 0.1) is 12.7 Å². The van der Waals surface area contributed by atoms with Crippen molar-refractivity contribution >= 4 is 41.1 Å². The van der Waals surface area contributed by atoms with Crippen LogP contribution in [0.15, 0.2) is 59.6 Å². The monoisotopic (exact) mass is 580 g/mol. The molecule has 0 spiro atoms. The van der Waals surface area contributed by atoms with Crippen LogP contribution < -0.4 is 5.32 Å². The summed E-state index contributed by atoms with van der Waals surface area (Å²) in [6.07, 6.45) is -4.88. The molecular weight excluding hydrogens is 557 g/mol. The molecule has 2 amide bonds. The lowest BCUT2D eigenvalue weighted by atomic mass is 9.93. The standard InChI is InChI=1S/C26H24ClF3N4O4S/c1-14(26(28,29)30)32-13-34(33-11-10-19(35)23(22(33)24(32)36)38-25(37)31-2)21-15-7-5-8-18(27)17(15)12-39-20-9-4-3-6-16(20)21/h3-11,14,21-23H,12-13H2,1-2H3,(H,31,37)/t14-,21+,22?,23?/m1/s1. The van der Waals surface area contributed by atoms with E-state index in [0.717, 1.165) is 34.6 Å². The first-order valence-electron chi connectivity index (χ1n) is 12.0. The van der Waals surface area contributed by atoms with Gasteiger partial charge in [-0.25, -0.2) is 4.79 Å². The average molecular weight is 581 g/mol. The predicted octanol–water partition coefficient (Wildman–Crippen LogP) is 4.49. The number of alkyl carbamates (subject to hydrolysis) is 1. The van der Waals surface area contributed by atoms with E-state index in [1.807, 2.05) is 30.3 Å². The molecule has 13 heteroatoms. The van der Waals surface area contributed by atoms with Crippen LogP contribution in [0.4, 0.5) is 18.0 Å². The minimum Gasteiger partial charge on any atom is -0.435 e. The molecule has 2 aromatic carbocycles. The molecule has 0 saturated carbocycles. The fourth-order valence-corrected chi connectivity index (χ4v) is 6.52. The first-order valence-corrected chi connectivity index (χ1v) is 13.4. The maximum Gasteiger partial charge on any atom is 0.408 e. The van der Waals surface area contributed by atoms with Crippen LogP contribution in [0.2, 0.25) is 5.02 Å². The summed E-state index contributed by atoms with van der Waals surface area (Å²) in [5.74, 6) is -1.17. The van der Waals surface area contributed by atoms with Crippen LogP contribution in [0.5, 0.6) is 0 Å². The van der Waals surface area contributed by atoms with Gasteiger partial charge in [-0.2, -0.15) is 18.2 Å². The third-order valence-corrected chi connectivity index (χ3v) is 8.56. The van der Waals surface area contributed by atoms with E-state index in [4.69, 9.17) is 16.3 Å². The van der Waals surface area contributed by atoms with E-state index in [9.17, 15) is 27.6 Å². The molecule has 2 unspecified atom stereocenters. The summed E-state index contributed by atoms with van der Waals surface area (Å²) in [7, 11) is 1.27. The summed E-state index contributed by atoms with van der Waals surface area (Å²) < 4.78 is 47.3. The van der Waals surface area contributed by atoms with Crippen molar-refractivity contribution in [3.05, 3.63) is 76.5 Å². The number of amides is 2. The Labute approximate surface area is 231 Å². The van der Waals surface area contributed by atoms with Gasteiger partial charge in [-0.1, -0.05) is 41.9 Å². The van der Waals surface area contributed by atoms with E-state index >= 15 is 0 Å². The normalized spacial score (nSPS) is 23.9. The summed E-state index contributed by atoms with van der Waals surface area (Å²) in [6.45, 7) is 0.444. The first-order chi connectivity index (χ1) is 18.5. The quantitative estimate of drug-likeness (QED) is 0.573. The van der Waals surface area contributed by atoms with Crippen LogP contribution >= 0.6 is 23.4 Å². The minimum absolute atomic E-state index is 0.448. The zero-order chi connectivity index (χ0) is 28.1. The number of hydrogen-bond acceptors (Lipinski definition) is 7. The number of alkyl halides is 3. The molecule has 3 aliphatic heterocycles. The van der Waals surface area contributed by atoms with E-state index < -0.39 is 54.9 Å². The molecule has 4 atom stereocenters. The molecule has 2 aromatic rings. The molecule has 0 bridgehead atoms. The highest BCUT2D eigenvalue weighted by atomic mass is 35.5. The zero-order valence-corrected chi connectivity index (χ0v) is 22.4. The molecule has 1 N–H and O–H groups in total. The molecule has 5 rings (SSSR count). The second-order valence-corrected chi connectivity index (χ2v) is 10.7. The number of carbonyl (C=O) groups is 3. The van der Waals surface area contributed by atoms with Crippen molar-refractivity contribution < 1.29 is 32.3 Å². The number of rotatable bonds is 3. The minimum atomic E-state index is -4.74. The van der Waals surface area contributed by atoms with Gasteiger partial charge >= 0.3 is 12.3 Å². The maximum atomic E-state index is 14.0. The topological polar surface area (TPSA) is 82.2 Å². The Bertz CT molecular complexity index is 1360. The third-order valence-electron chi connectivity index (χ3n) is 7.09. The van der Waals surface area contributed by atoms with Crippen molar-refractivity contribution in [1.29, 1.82) is 0 Å². The molecule has 1 fully saturated rings. The van der Waals surface area contributed by atoms with Gasteiger partial charge in [0.25, 0.3) is 5.91 Å². The maximum absolute atomic E-state index is 14.0. The van der Waals surface area contributed by atoms with Gasteiger partial charge in [-0.15, -0.1) is 11.8 Å². The molecule has 1 saturated heterocycles. The number of nitrogens with one attached hydrogen (secondary N) is 1. The lowest BCUT2D eigenvalue weighted by molar-refractivity contribution is -0.222. The second kappa shape index (κ2) is 10.4. The van der Waals surface area contributed by atoms with Gasteiger partial charge in [0, 0.05) is 35.0 Å². The molecule has 0 aliphatic carbocycles. The molecule has 3 heterocycles. The van der Waals surface area contributed by atoms with Crippen molar-refractivity contribution in [1.82, 2.24) is 20.2 Å². The van der Waals surface area contributed by atoms with E-state index in [-0.39, 0.29) is 0 Å². The predicted molar refractivity (Wildman–Crippen MR) is 137 cm³/mol. The summed E-state index contributed by atoms with van der Waals surface area (Å²) in [6, 6.07) is 8.46. The molecule has 0 radical (unpaired) electrons. The summed E-state index contributed by atoms with van der Waals surface area (Å²) in [4.78, 5) is 40.2. The van der Waals surface area contributed by atoms with Gasteiger partial charge in [-0.3, -0.25) is 14.6 Å². The van der Waals surface area contributed by atoms with Crippen molar-refractivity contribution in [2.45, 2.75) is 48.0 Å². The third kappa shape index (κ3) is 4.85. The Balaban J connectivity index is 1.71. The van der Waals surface area contributed by atoms with Gasteiger partial charge in [-0.05, 0) is 35.7 Å². The van der Waals surface area contributed by atoms with Gasteiger partial charge in [0.15, 0.2) is 12.1 Å². The van der Waals surface area contributed by atoms with Crippen LogP contribution in [-0.4, -0.2) is 70.8 Å². The van der Waals surface area contributed by atoms with Crippen molar-refractivity contribution in [2.24, 2.45) is 0 Å². The Morgan fingerprint density at radius 2 is 1.87 bits per heavy atom. The summed E-state index contributed by atoms with van der Waals surface area (Å²) in [5, 5.41) is 5.76. The zero-order valence-electron chi connectivity index (χ0n) is 20.8. The fraction of sp³-hybridized carbons (Fsp3) is 0.346. The molecule has 39 heavy (non-hydrogen) atoms. The molecule has 8 nitrogen and oxygen atoms in total. The van der Waals surface area contributed by atoms with Crippen LogP contribution in [-0.2, 0) is 20.1 Å². The number of thioether (sulfide) groups is 1. The van der Waals surface area contributed by atoms with Crippen molar-refractivity contribution in [3.63, 3.8) is 0 Å². The smallest absolute Gasteiger partial charge is 0.408 e. The van der Waals surface area contributed by atoms with Crippen molar-refractivity contribution in [3.8, 4) is 0 Å². The van der Waals surface area contributed by atoms with E-state index in [1.165, 1.54) is 18.3 Å². The second-order valence-electron chi connectivity index (χ2n) is 9.26. The largest absolute Gasteiger partial charge is 0.435 e. The van der Waals surface area contributed by atoms with E-state index in [0.29, 0.717) is 15.7 Å². The number of ketones is 1. The van der Waals surface area contributed by atoms with Gasteiger partial charge in [0.1, 0.15) is 6.04 Å². The highest BCUT2D eigenvalue weighted by molar-refractivity contribution is 7.98. The highest BCUT2D eigenvalue weighted by Crippen LogP contribution is 2.46. The average Bonchev–Trinajstić information content (AvgIpc) is 3.07. The number of nitrogens with zero attached hydrogens (tertiary/aromatic N) is 3. The number of benzene rings is 2. The van der Waals surface area contributed by atoms with Crippen LogP contribution in [0, 0.1) is 0 Å². The molecule has 0 aromatic heterocycles. The number of ether oxygens (including phenoxy) is 1. The lowest BCUT2D eigenvalue weighted by Gasteiger charge is -2.53. The van der Waals surface area contributed by atoms with Crippen LogP contribution in [0.1, 0.15) is 29.7 Å². The molecular formula is C26H24ClF3N4O4S. The number of fused-ring (bicyclic) bond motifs is 3. The van der Waals surface area contributed by atoms with Gasteiger partial charge in [0.2, 0.25) is 5.78 Å². The number of carbonyl (C=O) groups excluding carboxylic acids is 3. The fourth-order valence-electron chi connectivity index (χ4n) is 5.05. The Kier molecular flexibility index (Phi) is 7.29. The number of hydrazine groups is 1. The first kappa shape index (κ1) is 27.4. The summed E-state index contributed by atoms with van der Waals surface area (Å²) in [5.41, 5.74) is 2.36. The van der Waals surface area contributed by atoms with Gasteiger partial charge < -0.3 is 15.0 Å². The van der Waals surface area contributed by atoms with E-state index in [1.54, 1.807) is 28.9 Å². The van der Waals surface area contributed by atoms with Crippen molar-refractivity contribution in [2.75, 3.05) is 13.7 Å². The van der Waals surface area contributed by atoms with E-state index in [2.05, 4.69) is 5.32 Å². The Hall–Kier alpha value is -3.22. The molecule has 206 valence electrons. The van der Waals surface area contributed by atoms with Crippen LogP contribution in [0.3, 0.4) is 0 Å². The SMILES string of the molecule is CNC(=O)OC1C(=O)C=CN2C1C(=O)N([C@H](C)C(F)(F)F)CN2[C@@H]1c2ccccc2SCc2c(Cl)cccc21. The highest BCUT2D eigenvalue weighted by Gasteiger charge is 2.55. The number of hydrogen-bond donors (Lipinski definition) is 1. The van der Waals surface area contributed by atoms with Crippen LogP contribution in [0.25, 0.3) is 0 Å². The number of halogens is 4. The Morgan fingerprint density at radius 3 is 2.59 bits per heavy atom. The lowest BCUT2D eigenvalue weighted by Crippen LogP contribution is -2.71. The Morgan fingerprint density at radius 1 is 1.15 bits per heavy atom. The summed E-state index contributed by atoms with van der Waals surface area (Å²) >= 11 is 8.14. The molecule has 3 aliphatic rings.